The van der Waals surface area contributed by atoms with Crippen LogP contribution in [0.2, 0.25) is 5.02 Å². The molecule has 3 N–H and O–H groups in total. The van der Waals surface area contributed by atoms with Crippen molar-refractivity contribution in [2.24, 2.45) is 10.8 Å². The smallest absolute Gasteiger partial charge is 0.332 e. The molecule has 92 valence electrons. The number of benzene rings is 1. The number of nitrogens with two attached hydrogens (primary N) is 1. The maximum absolute atomic E-state index is 13.7. The van der Waals surface area contributed by atoms with Gasteiger partial charge in [0, 0.05) is 5.56 Å². The number of amides is 2. The van der Waals surface area contributed by atoms with Gasteiger partial charge >= 0.3 is 6.03 Å². The lowest BCUT2D eigenvalue weighted by Crippen LogP contribution is -2.24. The number of hydrogen-bond acceptors (Lipinski definition) is 3. The van der Waals surface area contributed by atoms with Crippen LogP contribution in [0.15, 0.2) is 17.2 Å². The SMILES string of the molecule is CCOc1ccc(C=NNC(N)=O)c(F)c1Cl. The van der Waals surface area contributed by atoms with Gasteiger partial charge in [-0.1, -0.05) is 11.6 Å². The highest BCUT2D eigenvalue weighted by Crippen LogP contribution is 2.28. The summed E-state index contributed by atoms with van der Waals surface area (Å²) in [5, 5.41) is 3.30. The maximum Gasteiger partial charge on any atom is 0.332 e. The second-order valence-electron chi connectivity index (χ2n) is 2.95. The van der Waals surface area contributed by atoms with Gasteiger partial charge in [0.25, 0.3) is 0 Å². The molecule has 5 nitrogen and oxygen atoms in total. The molecule has 0 aliphatic rings. The Bertz CT molecular complexity index is 451. The molecule has 17 heavy (non-hydrogen) atoms. The number of nitrogens with zero attached hydrogens (tertiary/aromatic N) is 1. The molecule has 1 aromatic carbocycles. The second kappa shape index (κ2) is 6.05. The first-order valence-electron chi connectivity index (χ1n) is 4.75. The summed E-state index contributed by atoms with van der Waals surface area (Å²) in [5.74, 6) is -0.417. The van der Waals surface area contributed by atoms with E-state index in [1.807, 2.05) is 5.43 Å². The van der Waals surface area contributed by atoms with E-state index in [-0.39, 0.29) is 16.3 Å². The van der Waals surface area contributed by atoms with Crippen LogP contribution in [0.3, 0.4) is 0 Å². The second-order valence-corrected chi connectivity index (χ2v) is 3.33. The van der Waals surface area contributed by atoms with Crippen LogP contribution in [-0.4, -0.2) is 18.9 Å². The highest BCUT2D eigenvalue weighted by molar-refractivity contribution is 6.32. The van der Waals surface area contributed by atoms with E-state index in [2.05, 4.69) is 5.10 Å². The quantitative estimate of drug-likeness (QED) is 0.640. The lowest BCUT2D eigenvalue weighted by atomic mass is 10.2. The van der Waals surface area contributed by atoms with Gasteiger partial charge in [-0.3, -0.25) is 0 Å². The van der Waals surface area contributed by atoms with Crippen LogP contribution in [0.1, 0.15) is 12.5 Å². The third-order valence-corrected chi connectivity index (χ3v) is 2.11. The van der Waals surface area contributed by atoms with E-state index in [9.17, 15) is 9.18 Å². The van der Waals surface area contributed by atoms with Crippen molar-refractivity contribution in [1.29, 1.82) is 0 Å². The summed E-state index contributed by atoms with van der Waals surface area (Å²) in [5.41, 5.74) is 6.85. The molecule has 0 radical (unpaired) electrons. The van der Waals surface area contributed by atoms with Crippen molar-refractivity contribution in [2.75, 3.05) is 6.61 Å². The van der Waals surface area contributed by atoms with Gasteiger partial charge in [-0.05, 0) is 19.1 Å². The number of halogens is 2. The van der Waals surface area contributed by atoms with Gasteiger partial charge in [-0.25, -0.2) is 14.6 Å². The number of urea groups is 1. The average molecular weight is 260 g/mol. The minimum Gasteiger partial charge on any atom is -0.492 e. The Morgan fingerprint density at radius 1 is 1.71 bits per heavy atom. The molecule has 0 atom stereocenters. The van der Waals surface area contributed by atoms with E-state index < -0.39 is 11.8 Å². The van der Waals surface area contributed by atoms with Crippen molar-refractivity contribution in [3.8, 4) is 5.75 Å². The van der Waals surface area contributed by atoms with E-state index in [1.54, 1.807) is 6.92 Å². The zero-order chi connectivity index (χ0) is 12.8. The molecule has 1 aromatic rings. The fraction of sp³-hybridized carbons (Fsp3) is 0.200. The summed E-state index contributed by atoms with van der Waals surface area (Å²) in [6, 6.07) is 2.11. The fourth-order valence-electron chi connectivity index (χ4n) is 1.08. The highest BCUT2D eigenvalue weighted by Gasteiger charge is 2.11. The van der Waals surface area contributed by atoms with E-state index in [0.717, 1.165) is 6.21 Å². The largest absolute Gasteiger partial charge is 0.492 e. The van der Waals surface area contributed by atoms with Crippen LogP contribution in [0.5, 0.6) is 5.75 Å². The van der Waals surface area contributed by atoms with Gasteiger partial charge in [0.05, 0.1) is 12.8 Å². The Morgan fingerprint density at radius 2 is 2.41 bits per heavy atom. The molecule has 0 spiro atoms. The molecule has 0 bridgehead atoms. The average Bonchev–Trinajstić information content (AvgIpc) is 2.28. The molecule has 2 amide bonds. The third kappa shape index (κ3) is 3.60. The number of rotatable bonds is 4. The number of carbonyl (C=O) groups is 1. The van der Waals surface area contributed by atoms with Crippen LogP contribution in [0, 0.1) is 5.82 Å². The molecular weight excluding hydrogens is 249 g/mol. The Labute approximate surface area is 102 Å². The van der Waals surface area contributed by atoms with E-state index in [4.69, 9.17) is 22.1 Å². The summed E-state index contributed by atoms with van der Waals surface area (Å²) >= 11 is 5.74. The molecule has 1 rings (SSSR count). The third-order valence-electron chi connectivity index (χ3n) is 1.75. The van der Waals surface area contributed by atoms with Crippen LogP contribution in [0.25, 0.3) is 0 Å². The van der Waals surface area contributed by atoms with Gasteiger partial charge in [0.2, 0.25) is 0 Å². The van der Waals surface area contributed by atoms with E-state index in [0.29, 0.717) is 6.61 Å². The first-order chi connectivity index (χ1) is 8.06. The molecule has 0 saturated heterocycles. The highest BCUT2D eigenvalue weighted by atomic mass is 35.5. The lowest BCUT2D eigenvalue weighted by Gasteiger charge is -2.07. The van der Waals surface area contributed by atoms with Crippen LogP contribution >= 0.6 is 11.6 Å². The molecule has 0 unspecified atom stereocenters. The van der Waals surface area contributed by atoms with E-state index >= 15 is 0 Å². The van der Waals surface area contributed by atoms with Gasteiger partial charge < -0.3 is 10.5 Å². The van der Waals surface area contributed by atoms with Crippen molar-refractivity contribution in [1.82, 2.24) is 5.43 Å². The molecule has 0 fully saturated rings. The van der Waals surface area contributed by atoms with Crippen molar-refractivity contribution in [2.45, 2.75) is 6.92 Å². The van der Waals surface area contributed by atoms with Crippen LogP contribution in [0.4, 0.5) is 9.18 Å². The van der Waals surface area contributed by atoms with Crippen LogP contribution in [-0.2, 0) is 0 Å². The molecule has 0 aromatic heterocycles. The summed E-state index contributed by atoms with van der Waals surface area (Å²) in [6.45, 7) is 2.15. The number of ether oxygens (including phenoxy) is 1. The zero-order valence-electron chi connectivity index (χ0n) is 9.04. The lowest BCUT2D eigenvalue weighted by molar-refractivity contribution is 0.249. The predicted octanol–water partition coefficient (Wildman–Crippen LogP) is 1.88. The van der Waals surface area contributed by atoms with Gasteiger partial charge in [-0.2, -0.15) is 5.10 Å². The van der Waals surface area contributed by atoms with Gasteiger partial charge in [0.1, 0.15) is 10.8 Å². The normalized spacial score (nSPS) is 10.5. The number of hydrogen-bond donors (Lipinski definition) is 2. The molecule has 0 aliphatic carbocycles. The van der Waals surface area contributed by atoms with Crippen molar-refractivity contribution in [3.05, 3.63) is 28.5 Å². The van der Waals surface area contributed by atoms with Crippen molar-refractivity contribution >= 4 is 23.8 Å². The molecule has 7 heteroatoms. The zero-order valence-corrected chi connectivity index (χ0v) is 9.79. The Balaban J connectivity index is 2.92. The standard InChI is InChI=1S/C10H11ClFN3O2/c1-2-17-7-4-3-6(9(12)8(7)11)5-14-15-10(13)16/h3-5H,2H2,1H3,(H3,13,15,16). The number of carbonyl (C=O) groups excluding carboxylic acids is 1. The first kappa shape index (κ1) is 13.2. The van der Waals surface area contributed by atoms with Crippen LogP contribution < -0.4 is 15.9 Å². The summed E-state index contributed by atoms with van der Waals surface area (Å²) in [6.07, 6.45) is 1.10. The number of primary amides is 1. The fourth-order valence-corrected chi connectivity index (χ4v) is 1.31. The summed E-state index contributed by atoms with van der Waals surface area (Å²) in [7, 11) is 0. The molecule has 0 saturated carbocycles. The monoisotopic (exact) mass is 259 g/mol. The maximum atomic E-state index is 13.7. The van der Waals surface area contributed by atoms with E-state index in [1.165, 1.54) is 12.1 Å². The van der Waals surface area contributed by atoms with Gasteiger partial charge in [-0.15, -0.1) is 0 Å². The summed E-state index contributed by atoms with van der Waals surface area (Å²) < 4.78 is 18.8. The molecule has 0 aliphatic heterocycles. The minimum atomic E-state index is -0.835. The number of hydrazone groups is 1. The summed E-state index contributed by atoms with van der Waals surface area (Å²) in [4.78, 5) is 10.3. The molecule has 0 heterocycles. The first-order valence-corrected chi connectivity index (χ1v) is 5.13. The molecular formula is C10H11ClFN3O2. The van der Waals surface area contributed by atoms with Crippen molar-refractivity contribution < 1.29 is 13.9 Å². The predicted molar refractivity (Wildman–Crippen MR) is 62.9 cm³/mol. The Hall–Kier alpha value is -1.82. The van der Waals surface area contributed by atoms with Crippen molar-refractivity contribution in [3.63, 3.8) is 0 Å². The number of nitrogens with one attached hydrogen (secondary N) is 1. The topological polar surface area (TPSA) is 76.7 Å². The Morgan fingerprint density at radius 3 is 3.00 bits per heavy atom. The Kier molecular flexibility index (Phi) is 4.71. The minimum absolute atomic E-state index is 0.118. The van der Waals surface area contributed by atoms with Gasteiger partial charge in [0.15, 0.2) is 5.82 Å².